The largest absolute Gasteiger partial charge is 0.353 e. The molecule has 3 nitrogen and oxygen atoms in total. The fraction of sp³-hybridized carbons (Fsp3) is 0.812. The number of nitrogens with one attached hydrogen (secondary N) is 2. The van der Waals surface area contributed by atoms with Crippen LogP contribution in [0.2, 0.25) is 0 Å². The molecule has 0 bridgehead atoms. The zero-order chi connectivity index (χ0) is 13.3. The second-order valence-electron chi connectivity index (χ2n) is 5.91. The molecule has 3 heteroatoms. The third-order valence-electron chi connectivity index (χ3n) is 4.26. The lowest BCUT2D eigenvalue weighted by atomic mass is 9.97. The molecule has 0 spiro atoms. The third kappa shape index (κ3) is 5.77. The fourth-order valence-electron chi connectivity index (χ4n) is 3.08. The summed E-state index contributed by atoms with van der Waals surface area (Å²) in [6.07, 6.45) is 14.3. The van der Waals surface area contributed by atoms with Gasteiger partial charge < -0.3 is 10.6 Å². The number of allylic oxidation sites excluding steroid dienone is 1. The monoisotopic (exact) mass is 264 g/mol. The van der Waals surface area contributed by atoms with E-state index in [1.807, 2.05) is 0 Å². The van der Waals surface area contributed by atoms with E-state index in [1.54, 1.807) is 5.57 Å². The first kappa shape index (κ1) is 14.6. The molecule has 2 aliphatic rings. The minimum atomic E-state index is 0.219. The minimum absolute atomic E-state index is 0.219. The Balaban J connectivity index is 1.47. The van der Waals surface area contributed by atoms with E-state index < -0.39 is 0 Å². The van der Waals surface area contributed by atoms with Crippen molar-refractivity contribution in [2.75, 3.05) is 13.1 Å². The molecule has 0 atom stereocenters. The molecule has 0 radical (unpaired) electrons. The average molecular weight is 264 g/mol. The predicted octanol–water partition coefficient (Wildman–Crippen LogP) is 2.92. The summed E-state index contributed by atoms with van der Waals surface area (Å²) in [5, 5.41) is 6.52. The standard InChI is InChI=1S/C16H28N2O/c19-16(18-15-8-4-5-9-15)11-13-17-12-10-14-6-2-1-3-7-14/h6,15,17H,1-5,7-13H2,(H,18,19). The van der Waals surface area contributed by atoms with Gasteiger partial charge in [-0.15, -0.1) is 0 Å². The van der Waals surface area contributed by atoms with Crippen LogP contribution in [-0.2, 0) is 4.79 Å². The molecule has 1 amide bonds. The van der Waals surface area contributed by atoms with Gasteiger partial charge in [0.15, 0.2) is 0 Å². The van der Waals surface area contributed by atoms with Crippen molar-refractivity contribution in [3.05, 3.63) is 11.6 Å². The highest BCUT2D eigenvalue weighted by Crippen LogP contribution is 2.19. The number of hydrogen-bond acceptors (Lipinski definition) is 2. The molecule has 0 aromatic rings. The van der Waals surface area contributed by atoms with E-state index in [2.05, 4.69) is 16.7 Å². The normalized spacial score (nSPS) is 20.3. The summed E-state index contributed by atoms with van der Waals surface area (Å²) in [5.41, 5.74) is 1.61. The first-order chi connectivity index (χ1) is 9.34. The van der Waals surface area contributed by atoms with Crippen LogP contribution in [0.1, 0.15) is 64.2 Å². The van der Waals surface area contributed by atoms with Gasteiger partial charge >= 0.3 is 0 Å². The zero-order valence-electron chi connectivity index (χ0n) is 12.0. The molecule has 1 fully saturated rings. The quantitative estimate of drug-likeness (QED) is 0.548. The van der Waals surface area contributed by atoms with Gasteiger partial charge in [-0.1, -0.05) is 24.5 Å². The van der Waals surface area contributed by atoms with Crippen LogP contribution in [0, 0.1) is 0 Å². The van der Waals surface area contributed by atoms with Crippen LogP contribution in [0.25, 0.3) is 0 Å². The van der Waals surface area contributed by atoms with Crippen LogP contribution >= 0.6 is 0 Å². The van der Waals surface area contributed by atoms with Crippen LogP contribution in [0.15, 0.2) is 11.6 Å². The van der Waals surface area contributed by atoms with Gasteiger partial charge in [-0.25, -0.2) is 0 Å². The molecule has 0 saturated heterocycles. The van der Waals surface area contributed by atoms with Crippen molar-refractivity contribution in [2.24, 2.45) is 0 Å². The maximum Gasteiger partial charge on any atom is 0.221 e. The van der Waals surface area contributed by atoms with Crippen molar-refractivity contribution in [2.45, 2.75) is 70.3 Å². The highest BCUT2D eigenvalue weighted by molar-refractivity contribution is 5.76. The first-order valence-electron chi connectivity index (χ1n) is 8.02. The van der Waals surface area contributed by atoms with E-state index in [1.165, 1.54) is 51.4 Å². The maximum atomic E-state index is 11.7. The Morgan fingerprint density at radius 2 is 2.00 bits per heavy atom. The van der Waals surface area contributed by atoms with E-state index in [0.717, 1.165) is 19.5 Å². The fourth-order valence-corrected chi connectivity index (χ4v) is 3.08. The van der Waals surface area contributed by atoms with Crippen LogP contribution in [0.3, 0.4) is 0 Å². The molecule has 2 N–H and O–H groups in total. The molecule has 0 unspecified atom stereocenters. The number of carbonyl (C=O) groups is 1. The van der Waals surface area contributed by atoms with Gasteiger partial charge in [0.25, 0.3) is 0 Å². The van der Waals surface area contributed by atoms with Crippen LogP contribution in [0.5, 0.6) is 0 Å². The summed E-state index contributed by atoms with van der Waals surface area (Å²) >= 11 is 0. The molecule has 19 heavy (non-hydrogen) atoms. The third-order valence-corrected chi connectivity index (χ3v) is 4.26. The Kier molecular flexibility index (Phi) is 6.42. The number of rotatable bonds is 7. The van der Waals surface area contributed by atoms with Crippen molar-refractivity contribution in [3.63, 3.8) is 0 Å². The molecule has 0 aromatic carbocycles. The lowest BCUT2D eigenvalue weighted by molar-refractivity contribution is -0.121. The lowest BCUT2D eigenvalue weighted by Gasteiger charge is -2.14. The number of carbonyl (C=O) groups excluding carboxylic acids is 1. The predicted molar refractivity (Wildman–Crippen MR) is 79.1 cm³/mol. The molecule has 0 aliphatic heterocycles. The van der Waals surface area contributed by atoms with Gasteiger partial charge in [0.05, 0.1) is 0 Å². The second kappa shape index (κ2) is 8.36. The van der Waals surface area contributed by atoms with Crippen molar-refractivity contribution < 1.29 is 4.79 Å². The summed E-state index contributed by atoms with van der Waals surface area (Å²) in [5.74, 6) is 0.219. The van der Waals surface area contributed by atoms with Crippen molar-refractivity contribution >= 4 is 5.91 Å². The van der Waals surface area contributed by atoms with Gasteiger partial charge in [-0.05, 0) is 51.5 Å². The van der Waals surface area contributed by atoms with E-state index in [4.69, 9.17) is 0 Å². The second-order valence-corrected chi connectivity index (χ2v) is 5.91. The Morgan fingerprint density at radius 3 is 2.74 bits per heavy atom. The van der Waals surface area contributed by atoms with Crippen molar-refractivity contribution in [1.29, 1.82) is 0 Å². The number of hydrogen-bond donors (Lipinski definition) is 2. The summed E-state index contributed by atoms with van der Waals surface area (Å²) in [4.78, 5) is 11.7. The molecule has 0 heterocycles. The molecular formula is C16H28N2O. The smallest absolute Gasteiger partial charge is 0.221 e. The van der Waals surface area contributed by atoms with Crippen LogP contribution in [0.4, 0.5) is 0 Å². The summed E-state index contributed by atoms with van der Waals surface area (Å²) in [6.45, 7) is 1.83. The average Bonchev–Trinajstić information content (AvgIpc) is 2.92. The summed E-state index contributed by atoms with van der Waals surface area (Å²) in [7, 11) is 0. The topological polar surface area (TPSA) is 41.1 Å². The van der Waals surface area contributed by atoms with E-state index in [-0.39, 0.29) is 5.91 Å². The first-order valence-corrected chi connectivity index (χ1v) is 8.02. The Bertz CT molecular complexity index is 306. The molecule has 1 saturated carbocycles. The van der Waals surface area contributed by atoms with Gasteiger partial charge in [0, 0.05) is 19.0 Å². The van der Waals surface area contributed by atoms with Gasteiger partial charge in [0.1, 0.15) is 0 Å². The highest BCUT2D eigenvalue weighted by atomic mass is 16.1. The van der Waals surface area contributed by atoms with E-state index in [0.29, 0.717) is 12.5 Å². The van der Waals surface area contributed by atoms with Crippen LogP contribution in [-0.4, -0.2) is 25.0 Å². The van der Waals surface area contributed by atoms with Gasteiger partial charge in [-0.2, -0.15) is 0 Å². The summed E-state index contributed by atoms with van der Waals surface area (Å²) in [6, 6.07) is 0.458. The van der Waals surface area contributed by atoms with Gasteiger partial charge in [-0.3, -0.25) is 4.79 Å². The molecule has 0 aromatic heterocycles. The SMILES string of the molecule is O=C(CCNCCC1=CCCCC1)NC1CCCC1. The van der Waals surface area contributed by atoms with Crippen LogP contribution < -0.4 is 10.6 Å². The Morgan fingerprint density at radius 1 is 1.16 bits per heavy atom. The zero-order valence-corrected chi connectivity index (χ0v) is 12.0. The summed E-state index contributed by atoms with van der Waals surface area (Å²) < 4.78 is 0. The van der Waals surface area contributed by atoms with Gasteiger partial charge in [0.2, 0.25) is 5.91 Å². The molecular weight excluding hydrogens is 236 g/mol. The Hall–Kier alpha value is -0.830. The molecule has 2 aliphatic carbocycles. The van der Waals surface area contributed by atoms with Crippen molar-refractivity contribution in [3.8, 4) is 0 Å². The molecule has 108 valence electrons. The highest BCUT2D eigenvalue weighted by Gasteiger charge is 2.16. The van der Waals surface area contributed by atoms with E-state index >= 15 is 0 Å². The number of amides is 1. The van der Waals surface area contributed by atoms with Crippen molar-refractivity contribution in [1.82, 2.24) is 10.6 Å². The minimum Gasteiger partial charge on any atom is -0.353 e. The molecule has 2 rings (SSSR count). The Labute approximate surface area is 117 Å². The lowest BCUT2D eigenvalue weighted by Crippen LogP contribution is -2.34. The maximum absolute atomic E-state index is 11.7. The van der Waals surface area contributed by atoms with E-state index in [9.17, 15) is 4.79 Å².